The van der Waals surface area contributed by atoms with Crippen LogP contribution in [0.4, 0.5) is 0 Å². The highest BCUT2D eigenvalue weighted by atomic mass is 32.2. The first-order valence-corrected chi connectivity index (χ1v) is 7.21. The fourth-order valence-corrected chi connectivity index (χ4v) is 2.48. The molecule has 0 aliphatic rings. The second-order valence-electron chi connectivity index (χ2n) is 3.67. The van der Waals surface area contributed by atoms with Gasteiger partial charge >= 0.3 is 5.97 Å². The zero-order chi connectivity index (χ0) is 14.3. The van der Waals surface area contributed by atoms with E-state index >= 15 is 0 Å². The maximum absolute atomic E-state index is 11.8. The van der Waals surface area contributed by atoms with Gasteiger partial charge in [0.25, 0.3) is 0 Å². The number of amides is 1. The smallest absolute Gasteiger partial charge is 0.339 e. The summed E-state index contributed by atoms with van der Waals surface area (Å²) in [5.41, 5.74) is 0.645. The lowest BCUT2D eigenvalue weighted by Gasteiger charge is -2.06. The summed E-state index contributed by atoms with van der Waals surface area (Å²) in [5.74, 6) is -0.873. The van der Waals surface area contributed by atoms with Crippen molar-refractivity contribution in [2.45, 2.75) is 12.7 Å². The van der Waals surface area contributed by atoms with Crippen molar-refractivity contribution in [1.82, 2.24) is 10.3 Å². The number of methoxy groups -OCH3 is 1. The van der Waals surface area contributed by atoms with E-state index in [2.05, 4.69) is 15.0 Å². The molecule has 104 valence electrons. The second kappa shape index (κ2) is 7.63. The van der Waals surface area contributed by atoms with Crippen molar-refractivity contribution in [2.75, 3.05) is 19.4 Å². The van der Waals surface area contributed by atoms with Crippen molar-refractivity contribution >= 4 is 22.7 Å². The summed E-state index contributed by atoms with van der Waals surface area (Å²) in [4.78, 5) is 26.8. The van der Waals surface area contributed by atoms with E-state index in [0.717, 1.165) is 0 Å². The number of hydrogen-bond acceptors (Lipinski definition) is 5. The van der Waals surface area contributed by atoms with Crippen molar-refractivity contribution in [3.63, 3.8) is 0 Å². The molecule has 1 N–H and O–H groups in total. The van der Waals surface area contributed by atoms with Gasteiger partial charge in [-0.05, 0) is 19.1 Å². The number of rotatable bonds is 6. The summed E-state index contributed by atoms with van der Waals surface area (Å²) in [6.07, 6.45) is 1.51. The van der Waals surface area contributed by atoms with Crippen LogP contribution < -0.4 is 5.32 Å². The van der Waals surface area contributed by atoms with Crippen LogP contribution in [0.2, 0.25) is 0 Å². The van der Waals surface area contributed by atoms with Crippen molar-refractivity contribution in [3.05, 3.63) is 29.6 Å². The standard InChI is InChI=1S/C12H16N2O4S/c1-3-13-11(15)8-19(17)7-10-9(12(16)18-2)5-4-6-14-10/h4-6H,3,7-8H2,1-2H3,(H,13,15). The van der Waals surface area contributed by atoms with Gasteiger partial charge in [-0.1, -0.05) is 0 Å². The van der Waals surface area contributed by atoms with Gasteiger partial charge in [-0.25, -0.2) is 4.79 Å². The van der Waals surface area contributed by atoms with Crippen molar-refractivity contribution in [1.29, 1.82) is 0 Å². The Bertz CT molecular complexity index is 490. The van der Waals surface area contributed by atoms with Crippen LogP contribution in [-0.2, 0) is 26.1 Å². The van der Waals surface area contributed by atoms with E-state index in [1.54, 1.807) is 19.1 Å². The molecule has 1 heterocycles. The van der Waals surface area contributed by atoms with E-state index in [1.807, 2.05) is 0 Å². The average molecular weight is 284 g/mol. The number of pyridine rings is 1. The Balaban J connectivity index is 2.74. The number of carbonyl (C=O) groups excluding carboxylic acids is 2. The van der Waals surface area contributed by atoms with Gasteiger partial charge in [-0.2, -0.15) is 0 Å². The number of esters is 1. The van der Waals surface area contributed by atoms with Gasteiger partial charge in [0.05, 0.1) is 24.1 Å². The molecular weight excluding hydrogens is 268 g/mol. The predicted octanol–water partition coefficient (Wildman–Crippen LogP) is 0.253. The summed E-state index contributed by atoms with van der Waals surface area (Å²) >= 11 is 0. The minimum Gasteiger partial charge on any atom is -0.465 e. The number of aromatic nitrogens is 1. The summed E-state index contributed by atoms with van der Waals surface area (Å²) in [6, 6.07) is 3.15. The van der Waals surface area contributed by atoms with E-state index in [4.69, 9.17) is 0 Å². The molecular formula is C12H16N2O4S. The lowest BCUT2D eigenvalue weighted by molar-refractivity contribution is -0.118. The van der Waals surface area contributed by atoms with Gasteiger partial charge < -0.3 is 10.1 Å². The van der Waals surface area contributed by atoms with Crippen LogP contribution in [0.5, 0.6) is 0 Å². The summed E-state index contributed by atoms with van der Waals surface area (Å²) in [5, 5.41) is 2.57. The summed E-state index contributed by atoms with van der Waals surface area (Å²) in [7, 11) is -0.145. The van der Waals surface area contributed by atoms with E-state index in [0.29, 0.717) is 12.2 Å². The summed E-state index contributed by atoms with van der Waals surface area (Å²) in [6.45, 7) is 2.28. The fraction of sp³-hybridized carbons (Fsp3) is 0.417. The van der Waals surface area contributed by atoms with E-state index in [9.17, 15) is 13.8 Å². The Morgan fingerprint density at radius 1 is 1.47 bits per heavy atom. The van der Waals surface area contributed by atoms with Gasteiger partial charge in [-0.15, -0.1) is 0 Å². The number of hydrogen-bond donors (Lipinski definition) is 1. The zero-order valence-corrected chi connectivity index (χ0v) is 11.7. The first-order valence-electron chi connectivity index (χ1n) is 5.72. The Morgan fingerprint density at radius 3 is 2.84 bits per heavy atom. The monoisotopic (exact) mass is 284 g/mol. The van der Waals surface area contributed by atoms with Crippen LogP contribution in [0.1, 0.15) is 23.0 Å². The molecule has 1 amide bonds. The molecule has 1 aromatic rings. The highest BCUT2D eigenvalue weighted by molar-refractivity contribution is 7.84. The van der Waals surface area contributed by atoms with Gasteiger partial charge in [-0.3, -0.25) is 14.0 Å². The van der Waals surface area contributed by atoms with Crippen LogP contribution >= 0.6 is 0 Å². The molecule has 6 nitrogen and oxygen atoms in total. The minimum atomic E-state index is -1.41. The largest absolute Gasteiger partial charge is 0.465 e. The number of carbonyl (C=O) groups is 2. The van der Waals surface area contributed by atoms with Crippen molar-refractivity contribution in [2.24, 2.45) is 0 Å². The zero-order valence-electron chi connectivity index (χ0n) is 10.8. The summed E-state index contributed by atoms with van der Waals surface area (Å²) < 4.78 is 16.4. The molecule has 0 saturated carbocycles. The molecule has 1 atom stereocenters. The lowest BCUT2D eigenvalue weighted by atomic mass is 10.2. The van der Waals surface area contributed by atoms with Gasteiger partial charge in [0.2, 0.25) is 5.91 Å². The van der Waals surface area contributed by atoms with Crippen LogP contribution in [0.25, 0.3) is 0 Å². The number of ether oxygens (including phenoxy) is 1. The lowest BCUT2D eigenvalue weighted by Crippen LogP contribution is -2.28. The third kappa shape index (κ3) is 4.78. The molecule has 1 aromatic heterocycles. The van der Waals surface area contributed by atoms with Gasteiger partial charge in [0.15, 0.2) is 0 Å². The van der Waals surface area contributed by atoms with Crippen LogP contribution in [0.3, 0.4) is 0 Å². The Labute approximate surface area is 114 Å². The SMILES string of the molecule is CCNC(=O)CS(=O)Cc1ncccc1C(=O)OC. The average Bonchev–Trinajstić information content (AvgIpc) is 2.38. The number of nitrogens with zero attached hydrogens (tertiary/aromatic N) is 1. The van der Waals surface area contributed by atoms with Crippen LogP contribution in [0, 0.1) is 0 Å². The van der Waals surface area contributed by atoms with E-state index in [1.165, 1.54) is 13.3 Å². The molecule has 7 heteroatoms. The number of nitrogens with one attached hydrogen (secondary N) is 1. The Hall–Kier alpha value is -1.76. The molecule has 0 aliphatic carbocycles. The molecule has 0 radical (unpaired) electrons. The first-order chi connectivity index (χ1) is 9.08. The van der Waals surface area contributed by atoms with Gasteiger partial charge in [0, 0.05) is 23.5 Å². The highest BCUT2D eigenvalue weighted by Gasteiger charge is 2.16. The maximum atomic E-state index is 11.8. The van der Waals surface area contributed by atoms with Crippen LogP contribution in [-0.4, -0.2) is 40.5 Å². The van der Waals surface area contributed by atoms with Crippen molar-refractivity contribution in [3.8, 4) is 0 Å². The molecule has 0 bridgehead atoms. The third-order valence-electron chi connectivity index (χ3n) is 2.26. The van der Waals surface area contributed by atoms with E-state index in [-0.39, 0.29) is 23.0 Å². The Kier molecular flexibility index (Phi) is 6.14. The van der Waals surface area contributed by atoms with Gasteiger partial charge in [0.1, 0.15) is 5.75 Å². The predicted molar refractivity (Wildman–Crippen MR) is 71.0 cm³/mol. The minimum absolute atomic E-state index is 0.0441. The Morgan fingerprint density at radius 2 is 2.21 bits per heavy atom. The molecule has 0 saturated heterocycles. The fourth-order valence-electron chi connectivity index (χ4n) is 1.45. The maximum Gasteiger partial charge on any atom is 0.339 e. The quantitative estimate of drug-likeness (QED) is 0.757. The molecule has 0 spiro atoms. The topological polar surface area (TPSA) is 85.4 Å². The molecule has 1 unspecified atom stereocenters. The third-order valence-corrected chi connectivity index (χ3v) is 3.44. The second-order valence-corrected chi connectivity index (χ2v) is 5.13. The normalized spacial score (nSPS) is 11.7. The molecule has 0 aliphatic heterocycles. The molecule has 0 aromatic carbocycles. The van der Waals surface area contributed by atoms with Crippen LogP contribution in [0.15, 0.2) is 18.3 Å². The highest BCUT2D eigenvalue weighted by Crippen LogP contribution is 2.09. The molecule has 0 fully saturated rings. The van der Waals surface area contributed by atoms with Crippen molar-refractivity contribution < 1.29 is 18.5 Å². The molecule has 1 rings (SSSR count). The first kappa shape index (κ1) is 15.3. The van der Waals surface area contributed by atoms with E-state index < -0.39 is 16.8 Å². The molecule has 19 heavy (non-hydrogen) atoms.